The van der Waals surface area contributed by atoms with Crippen molar-refractivity contribution in [2.45, 2.75) is 37.9 Å². The minimum absolute atomic E-state index is 0.0160. The number of pyridine rings is 1. The summed E-state index contributed by atoms with van der Waals surface area (Å²) in [6, 6.07) is 3.58. The van der Waals surface area contributed by atoms with E-state index in [1.807, 2.05) is 26.8 Å². The molecular weight excluding hydrogens is 258 g/mol. The molecule has 0 saturated heterocycles. The Balaban J connectivity index is 2.24. The largest absolute Gasteiger partial charge is 0.294 e. The van der Waals surface area contributed by atoms with Gasteiger partial charge >= 0.3 is 0 Å². The maximum atomic E-state index is 11.2. The van der Waals surface area contributed by atoms with Crippen LogP contribution < -0.4 is 0 Å². The van der Waals surface area contributed by atoms with Crippen molar-refractivity contribution in [3.05, 3.63) is 40.8 Å². The predicted molar refractivity (Wildman–Crippen MR) is 74.6 cm³/mol. The zero-order valence-corrected chi connectivity index (χ0v) is 12.2. The highest BCUT2D eigenvalue weighted by atomic mass is 32.2. The average Bonchev–Trinajstić information content (AvgIpc) is 2.36. The third-order valence-electron chi connectivity index (χ3n) is 2.95. The normalized spacial score (nSPS) is 10.5. The molecule has 0 aromatic carbocycles. The second-order valence-electron chi connectivity index (χ2n) is 4.35. The fourth-order valence-electron chi connectivity index (χ4n) is 1.53. The van der Waals surface area contributed by atoms with Crippen molar-refractivity contribution >= 4 is 17.5 Å². The van der Waals surface area contributed by atoms with Crippen LogP contribution in [0.2, 0.25) is 0 Å². The van der Waals surface area contributed by atoms with Crippen LogP contribution in [0.1, 0.15) is 34.2 Å². The van der Waals surface area contributed by atoms with Gasteiger partial charge in [0.2, 0.25) is 0 Å². The third-order valence-corrected chi connectivity index (χ3v) is 3.77. The number of hydrogen-bond acceptors (Lipinski definition) is 5. The first-order valence-corrected chi connectivity index (χ1v) is 6.75. The Kier molecular flexibility index (Phi) is 3.95. The molecule has 0 aliphatic carbocycles. The van der Waals surface area contributed by atoms with Gasteiger partial charge in [-0.2, -0.15) is 0 Å². The Labute approximate surface area is 116 Å². The summed E-state index contributed by atoms with van der Waals surface area (Å²) >= 11 is 1.40. The number of carbonyl (C=O) groups excluding carboxylic acids is 1. The smallest absolute Gasteiger partial charge is 0.194 e. The molecule has 0 fully saturated rings. The predicted octanol–water partition coefficient (Wildman–Crippen LogP) is 3.15. The quantitative estimate of drug-likeness (QED) is 0.635. The fraction of sp³-hybridized carbons (Fsp3) is 0.286. The first-order valence-electron chi connectivity index (χ1n) is 5.94. The maximum Gasteiger partial charge on any atom is 0.194 e. The number of aromatic nitrogens is 3. The van der Waals surface area contributed by atoms with Gasteiger partial charge in [0.05, 0.1) is 0 Å². The van der Waals surface area contributed by atoms with Crippen molar-refractivity contribution in [2.75, 3.05) is 0 Å². The number of hydrogen-bond donors (Lipinski definition) is 0. The highest BCUT2D eigenvalue weighted by Gasteiger charge is 2.07. The summed E-state index contributed by atoms with van der Waals surface area (Å²) < 4.78 is 0. The highest BCUT2D eigenvalue weighted by molar-refractivity contribution is 7.99. The minimum atomic E-state index is 0.0160. The molecule has 0 saturated carbocycles. The molecule has 0 radical (unpaired) electrons. The maximum absolute atomic E-state index is 11.2. The Morgan fingerprint density at radius 1 is 1.11 bits per heavy atom. The van der Waals surface area contributed by atoms with Crippen molar-refractivity contribution in [1.29, 1.82) is 0 Å². The van der Waals surface area contributed by atoms with E-state index in [9.17, 15) is 4.79 Å². The number of Topliss-reactive ketones (excluding diaryl/α,β-unsaturated/α-hetero) is 1. The number of aryl methyl sites for hydroxylation is 2. The molecule has 4 nitrogen and oxygen atoms in total. The molecule has 98 valence electrons. The van der Waals surface area contributed by atoms with Gasteiger partial charge in [-0.1, -0.05) is 0 Å². The van der Waals surface area contributed by atoms with Gasteiger partial charge in [-0.15, -0.1) is 0 Å². The Bertz CT molecular complexity index is 600. The topological polar surface area (TPSA) is 55.7 Å². The molecule has 0 aliphatic rings. The lowest BCUT2D eigenvalue weighted by atomic mass is 10.2. The van der Waals surface area contributed by atoms with Crippen molar-refractivity contribution in [2.24, 2.45) is 0 Å². The van der Waals surface area contributed by atoms with E-state index in [1.54, 1.807) is 12.3 Å². The molecule has 2 aromatic heterocycles. The van der Waals surface area contributed by atoms with Crippen LogP contribution in [0.25, 0.3) is 0 Å². The lowest BCUT2D eigenvalue weighted by Gasteiger charge is -2.06. The van der Waals surface area contributed by atoms with E-state index < -0.39 is 0 Å². The molecule has 0 aliphatic heterocycles. The van der Waals surface area contributed by atoms with Crippen LogP contribution in [0, 0.1) is 20.8 Å². The van der Waals surface area contributed by atoms with Gasteiger partial charge in [-0.25, -0.2) is 15.0 Å². The van der Waals surface area contributed by atoms with Crippen LogP contribution in [-0.2, 0) is 0 Å². The van der Waals surface area contributed by atoms with Crippen LogP contribution in [0.5, 0.6) is 0 Å². The molecule has 5 heteroatoms. The Morgan fingerprint density at radius 2 is 1.74 bits per heavy atom. The summed E-state index contributed by atoms with van der Waals surface area (Å²) in [4.78, 5) is 24.3. The van der Waals surface area contributed by atoms with E-state index in [0.717, 1.165) is 22.0 Å². The lowest BCUT2D eigenvalue weighted by Crippen LogP contribution is -1.98. The molecule has 2 aromatic rings. The standard InChI is InChI=1S/C14H15N3OS/c1-8-9(2)16-14(17-10(8)3)19-13-6-5-12(7-15-13)11(4)18/h5-7H,1-4H3. The summed E-state index contributed by atoms with van der Waals surface area (Å²) in [7, 11) is 0. The van der Waals surface area contributed by atoms with Gasteiger partial charge in [0.25, 0.3) is 0 Å². The number of rotatable bonds is 3. The van der Waals surface area contributed by atoms with E-state index in [4.69, 9.17) is 0 Å². The molecule has 2 heterocycles. The molecule has 2 rings (SSSR count). The van der Waals surface area contributed by atoms with Gasteiger partial charge in [-0.05, 0) is 57.2 Å². The van der Waals surface area contributed by atoms with Gasteiger partial charge in [0.1, 0.15) is 5.03 Å². The molecule has 0 bridgehead atoms. The first kappa shape index (κ1) is 13.7. The van der Waals surface area contributed by atoms with Gasteiger partial charge in [0.15, 0.2) is 10.9 Å². The highest BCUT2D eigenvalue weighted by Crippen LogP contribution is 2.24. The van der Waals surface area contributed by atoms with Crippen molar-refractivity contribution in [3.63, 3.8) is 0 Å². The minimum Gasteiger partial charge on any atom is -0.294 e. The van der Waals surface area contributed by atoms with Crippen LogP contribution >= 0.6 is 11.8 Å². The summed E-state index contributed by atoms with van der Waals surface area (Å²) in [5.41, 5.74) is 3.69. The second-order valence-corrected chi connectivity index (χ2v) is 5.33. The number of carbonyl (C=O) groups is 1. The second kappa shape index (κ2) is 5.48. The van der Waals surface area contributed by atoms with E-state index in [2.05, 4.69) is 15.0 Å². The summed E-state index contributed by atoms with van der Waals surface area (Å²) in [6.45, 7) is 7.49. The Hall–Kier alpha value is -1.75. The third kappa shape index (κ3) is 3.17. The van der Waals surface area contributed by atoms with E-state index in [1.165, 1.54) is 18.7 Å². The zero-order valence-electron chi connectivity index (χ0n) is 11.4. The monoisotopic (exact) mass is 273 g/mol. The summed E-state index contributed by atoms with van der Waals surface area (Å²) in [6.07, 6.45) is 1.58. The lowest BCUT2D eigenvalue weighted by molar-refractivity contribution is 0.101. The van der Waals surface area contributed by atoms with Crippen molar-refractivity contribution in [1.82, 2.24) is 15.0 Å². The summed E-state index contributed by atoms with van der Waals surface area (Å²) in [5, 5.41) is 1.47. The molecule has 0 atom stereocenters. The van der Waals surface area contributed by atoms with Crippen LogP contribution in [0.4, 0.5) is 0 Å². The van der Waals surface area contributed by atoms with Crippen LogP contribution in [-0.4, -0.2) is 20.7 Å². The van der Waals surface area contributed by atoms with Gasteiger partial charge in [0, 0.05) is 23.1 Å². The molecule has 0 N–H and O–H groups in total. The van der Waals surface area contributed by atoms with Crippen molar-refractivity contribution in [3.8, 4) is 0 Å². The van der Waals surface area contributed by atoms with Gasteiger partial charge in [-0.3, -0.25) is 4.79 Å². The first-order chi connectivity index (χ1) is 8.97. The van der Waals surface area contributed by atoms with Crippen LogP contribution in [0.15, 0.2) is 28.5 Å². The molecule has 0 spiro atoms. The average molecular weight is 273 g/mol. The van der Waals surface area contributed by atoms with Crippen molar-refractivity contribution < 1.29 is 4.79 Å². The Morgan fingerprint density at radius 3 is 2.21 bits per heavy atom. The van der Waals surface area contributed by atoms with Crippen LogP contribution in [0.3, 0.4) is 0 Å². The fourth-order valence-corrected chi connectivity index (χ4v) is 2.32. The van der Waals surface area contributed by atoms with Gasteiger partial charge < -0.3 is 0 Å². The SMILES string of the molecule is CC(=O)c1ccc(Sc2nc(C)c(C)c(C)n2)nc1. The van der Waals surface area contributed by atoms with E-state index >= 15 is 0 Å². The number of ketones is 1. The molecule has 0 amide bonds. The van der Waals surface area contributed by atoms with E-state index in [0.29, 0.717) is 10.7 Å². The zero-order chi connectivity index (χ0) is 14.0. The molecule has 0 unspecified atom stereocenters. The summed E-state index contributed by atoms with van der Waals surface area (Å²) in [5.74, 6) is 0.0160. The van der Waals surface area contributed by atoms with E-state index in [-0.39, 0.29) is 5.78 Å². The molecular formula is C14H15N3OS. The molecule has 19 heavy (non-hydrogen) atoms. The number of nitrogens with zero attached hydrogens (tertiary/aromatic N) is 3.